The Balaban J connectivity index is 1.67. The van der Waals surface area contributed by atoms with Gasteiger partial charge in [-0.2, -0.15) is 0 Å². The average molecular weight is 549 g/mol. The molecule has 0 N–H and O–H groups in total. The maximum Gasteiger partial charge on any atom is 0.339 e. The van der Waals surface area contributed by atoms with E-state index in [1.807, 2.05) is 103 Å². The van der Waals surface area contributed by atoms with Crippen LogP contribution in [0.15, 0.2) is 127 Å². The molecule has 0 unspecified atom stereocenters. The number of hydrogen-bond donors (Lipinski definition) is 0. The van der Waals surface area contributed by atoms with E-state index in [9.17, 15) is 4.79 Å². The Labute approximate surface area is 244 Å². The molecule has 204 valence electrons. The molecule has 0 amide bonds. The molecule has 0 bridgehead atoms. The van der Waals surface area contributed by atoms with Crippen LogP contribution in [0.25, 0.3) is 38.7 Å². The minimum absolute atomic E-state index is 0.424. The van der Waals surface area contributed by atoms with Crippen molar-refractivity contribution in [1.29, 1.82) is 0 Å². The molecule has 0 atom stereocenters. The summed E-state index contributed by atoms with van der Waals surface area (Å²) in [5, 5.41) is 3.67. The lowest BCUT2D eigenvalue weighted by molar-refractivity contribution is 0.0600. The van der Waals surface area contributed by atoms with Crippen molar-refractivity contribution in [3.63, 3.8) is 0 Å². The van der Waals surface area contributed by atoms with Gasteiger partial charge in [-0.1, -0.05) is 115 Å². The number of rotatable bonds is 5. The first kappa shape index (κ1) is 25.6. The minimum atomic E-state index is -0.928. The second-order valence-electron chi connectivity index (χ2n) is 10.3. The first-order chi connectivity index (χ1) is 20.7. The van der Waals surface area contributed by atoms with Crippen LogP contribution >= 0.6 is 0 Å². The first-order valence-corrected chi connectivity index (χ1v) is 13.9. The van der Waals surface area contributed by atoms with Gasteiger partial charge < -0.3 is 14.2 Å². The second-order valence-corrected chi connectivity index (χ2v) is 10.3. The highest BCUT2D eigenvalue weighted by Gasteiger charge is 2.40. The number of esters is 1. The number of benzene rings is 6. The Bertz CT molecular complexity index is 1940. The molecule has 4 heteroatoms. The van der Waals surface area contributed by atoms with E-state index in [-0.39, 0.29) is 0 Å². The van der Waals surface area contributed by atoms with Crippen molar-refractivity contribution in [3.05, 3.63) is 150 Å². The van der Waals surface area contributed by atoms with Gasteiger partial charge in [0.15, 0.2) is 5.60 Å². The Hall–Kier alpha value is -5.35. The van der Waals surface area contributed by atoms with E-state index >= 15 is 0 Å². The molecule has 0 fully saturated rings. The first-order valence-electron chi connectivity index (χ1n) is 13.9. The lowest BCUT2D eigenvalue weighted by Gasteiger charge is -2.37. The van der Waals surface area contributed by atoms with Crippen molar-refractivity contribution >= 4 is 33.6 Å². The van der Waals surface area contributed by atoms with Gasteiger partial charge in [-0.25, -0.2) is 4.79 Å². The Morgan fingerprint density at radius 3 is 1.86 bits per heavy atom. The molecule has 4 nitrogen and oxygen atoms in total. The summed E-state index contributed by atoms with van der Waals surface area (Å²) in [6.45, 7) is 0. The minimum Gasteiger partial charge on any atom is -0.496 e. The van der Waals surface area contributed by atoms with Crippen LogP contribution in [-0.4, -0.2) is 20.2 Å². The third kappa shape index (κ3) is 3.87. The Kier molecular flexibility index (Phi) is 6.24. The van der Waals surface area contributed by atoms with E-state index in [2.05, 4.69) is 30.3 Å². The van der Waals surface area contributed by atoms with Gasteiger partial charge in [0.25, 0.3) is 0 Å². The van der Waals surface area contributed by atoms with Crippen LogP contribution < -0.4 is 9.47 Å². The third-order valence-corrected chi connectivity index (χ3v) is 8.09. The molecule has 42 heavy (non-hydrogen) atoms. The molecule has 1 aliphatic rings. The van der Waals surface area contributed by atoms with Crippen molar-refractivity contribution in [1.82, 2.24) is 0 Å². The van der Waals surface area contributed by atoms with Gasteiger partial charge in [-0.15, -0.1) is 0 Å². The number of carbonyl (C=O) groups excluding carboxylic acids is 1. The fourth-order valence-corrected chi connectivity index (χ4v) is 6.20. The van der Waals surface area contributed by atoms with E-state index in [0.717, 1.165) is 49.5 Å². The van der Waals surface area contributed by atoms with E-state index in [1.165, 1.54) is 7.11 Å². The lowest BCUT2D eigenvalue weighted by Crippen LogP contribution is -2.34. The fraction of sp³-hybridized carbons (Fsp3) is 0.0789. The summed E-state index contributed by atoms with van der Waals surface area (Å²) >= 11 is 0. The summed E-state index contributed by atoms with van der Waals surface area (Å²) in [5.41, 5.74) is 3.88. The number of carbonyl (C=O) groups is 1. The Morgan fingerprint density at radius 2 is 1.26 bits per heavy atom. The van der Waals surface area contributed by atoms with Crippen LogP contribution in [0, 0.1) is 0 Å². The van der Waals surface area contributed by atoms with E-state index in [4.69, 9.17) is 14.2 Å². The highest BCUT2D eigenvalue weighted by atomic mass is 16.5. The van der Waals surface area contributed by atoms with Gasteiger partial charge in [0.05, 0.1) is 19.8 Å². The standard InChI is InChI=1S/C38H28O4/c1-40-32-24-31-34(29-21-13-12-20-28(29)32)33(25-14-6-3-7-15-25)35(37(39)41-2)30-22-23-38(42-36(30)31,26-16-8-4-9-17-26)27-18-10-5-11-19-27/h3-24H,1-2H3. The van der Waals surface area contributed by atoms with Crippen molar-refractivity contribution < 1.29 is 19.0 Å². The van der Waals surface area contributed by atoms with Gasteiger partial charge in [0, 0.05) is 38.4 Å². The number of ether oxygens (including phenoxy) is 3. The van der Waals surface area contributed by atoms with E-state index < -0.39 is 11.6 Å². The maximum absolute atomic E-state index is 13.7. The molecular formula is C38H28O4. The van der Waals surface area contributed by atoms with Crippen molar-refractivity contribution in [2.75, 3.05) is 14.2 Å². The third-order valence-electron chi connectivity index (χ3n) is 8.09. The molecule has 6 aromatic carbocycles. The van der Waals surface area contributed by atoms with Crippen LogP contribution in [0.2, 0.25) is 0 Å². The number of methoxy groups -OCH3 is 2. The van der Waals surface area contributed by atoms with Crippen LogP contribution in [0.3, 0.4) is 0 Å². The van der Waals surface area contributed by atoms with Crippen LogP contribution in [-0.2, 0) is 10.3 Å². The topological polar surface area (TPSA) is 44.8 Å². The molecule has 1 aliphatic heterocycles. The predicted molar refractivity (Wildman–Crippen MR) is 168 cm³/mol. The van der Waals surface area contributed by atoms with Crippen molar-refractivity contribution in [2.24, 2.45) is 0 Å². The van der Waals surface area contributed by atoms with E-state index in [1.54, 1.807) is 7.11 Å². The molecule has 0 aromatic heterocycles. The predicted octanol–water partition coefficient (Wildman–Crippen LogP) is 8.80. The highest BCUT2D eigenvalue weighted by molar-refractivity contribution is 6.23. The number of fused-ring (bicyclic) bond motifs is 5. The van der Waals surface area contributed by atoms with Gasteiger partial charge in [-0.05, 0) is 29.2 Å². The van der Waals surface area contributed by atoms with Gasteiger partial charge >= 0.3 is 5.97 Å². The van der Waals surface area contributed by atoms with Crippen LogP contribution in [0.5, 0.6) is 11.5 Å². The monoisotopic (exact) mass is 548 g/mol. The molecule has 7 rings (SSSR count). The summed E-state index contributed by atoms with van der Waals surface area (Å²) in [6.07, 6.45) is 4.06. The normalized spacial score (nSPS) is 13.4. The molecule has 0 radical (unpaired) electrons. The smallest absolute Gasteiger partial charge is 0.339 e. The SMILES string of the molecule is COC(=O)c1c2c(c3cc(OC)c4ccccc4c3c1-c1ccccc1)OC(c1ccccc1)(c1ccccc1)C=C2. The Morgan fingerprint density at radius 1 is 0.690 bits per heavy atom. The van der Waals surface area contributed by atoms with Crippen molar-refractivity contribution in [2.45, 2.75) is 5.60 Å². The maximum atomic E-state index is 13.7. The molecular weight excluding hydrogens is 520 g/mol. The lowest BCUT2D eigenvalue weighted by atomic mass is 9.80. The molecule has 0 saturated heterocycles. The summed E-state index contributed by atoms with van der Waals surface area (Å²) in [4.78, 5) is 13.7. The van der Waals surface area contributed by atoms with Crippen molar-refractivity contribution in [3.8, 4) is 22.6 Å². The van der Waals surface area contributed by atoms with Crippen LogP contribution in [0.4, 0.5) is 0 Å². The zero-order valence-electron chi connectivity index (χ0n) is 23.3. The molecule has 0 aliphatic carbocycles. The molecule has 6 aromatic rings. The van der Waals surface area contributed by atoms with Gasteiger partial charge in [-0.3, -0.25) is 0 Å². The summed E-state index contributed by atoms with van der Waals surface area (Å²) < 4.78 is 18.6. The highest BCUT2D eigenvalue weighted by Crippen LogP contribution is 2.52. The summed E-state index contributed by atoms with van der Waals surface area (Å²) in [5.74, 6) is 0.907. The zero-order chi connectivity index (χ0) is 28.7. The zero-order valence-corrected chi connectivity index (χ0v) is 23.3. The molecule has 1 heterocycles. The number of hydrogen-bond acceptors (Lipinski definition) is 4. The molecule has 0 saturated carbocycles. The van der Waals surface area contributed by atoms with Gasteiger partial charge in [0.1, 0.15) is 11.5 Å². The van der Waals surface area contributed by atoms with E-state index in [0.29, 0.717) is 16.9 Å². The average Bonchev–Trinajstić information content (AvgIpc) is 3.07. The second kappa shape index (κ2) is 10.2. The summed E-state index contributed by atoms with van der Waals surface area (Å²) in [6, 6.07) is 40.5. The quantitative estimate of drug-likeness (QED) is 0.160. The fourth-order valence-electron chi connectivity index (χ4n) is 6.20. The van der Waals surface area contributed by atoms with Crippen LogP contribution in [0.1, 0.15) is 27.0 Å². The van der Waals surface area contributed by atoms with Gasteiger partial charge in [0.2, 0.25) is 0 Å². The summed E-state index contributed by atoms with van der Waals surface area (Å²) in [7, 11) is 3.10. The largest absolute Gasteiger partial charge is 0.496 e. The molecule has 0 spiro atoms.